The van der Waals surface area contributed by atoms with E-state index in [4.69, 9.17) is 0 Å². The molecule has 0 heteroatoms. The van der Waals surface area contributed by atoms with Gasteiger partial charge in [0.2, 0.25) is 0 Å². The van der Waals surface area contributed by atoms with E-state index < -0.39 is 0 Å². The standard InChI is InChI=1S/C48H34/c1-3-19-41-37(15-1)39-17-5-7-21-43(39)47-29-35(23-25-45(41)47)33-13-9-11-31(27-33)32-12-10-14-34(28-32)36-24-26-46-42-20-4-2-16-38(42)40-18-6-8-22-44(40)48(46)30-36/h1-9,11,13-26,28-30,33H,10,12,27H2. The Bertz CT molecular complexity index is 2680. The van der Waals surface area contributed by atoms with Gasteiger partial charge in [0.25, 0.3) is 0 Å². The number of allylic oxidation sites excluding steroid dienone is 8. The minimum absolute atomic E-state index is 0.357. The SMILES string of the molecule is C1=CC(c2ccc3c4ccccc4c4ccccc4c3c2)CC(C2=CC(c3ccc4c5ccccc5c5ccccc5c4c3)=CCC2)=C1. The second-order valence-electron chi connectivity index (χ2n) is 13.5. The van der Waals surface area contributed by atoms with Gasteiger partial charge in [0.15, 0.2) is 0 Å². The smallest absolute Gasteiger partial charge is 0.00618 e. The first-order valence-electron chi connectivity index (χ1n) is 17.3. The first kappa shape index (κ1) is 27.4. The predicted octanol–water partition coefficient (Wildman–Crippen LogP) is 13.4. The first-order chi connectivity index (χ1) is 23.8. The highest BCUT2D eigenvalue weighted by Gasteiger charge is 2.20. The summed E-state index contributed by atoms with van der Waals surface area (Å²) in [5.74, 6) is 0.357. The van der Waals surface area contributed by atoms with Crippen molar-refractivity contribution in [1.82, 2.24) is 0 Å². The van der Waals surface area contributed by atoms with Gasteiger partial charge in [-0.05, 0) is 124 Å². The summed E-state index contributed by atoms with van der Waals surface area (Å²) in [6.07, 6.45) is 15.1. The normalized spacial score (nSPS) is 16.6. The zero-order chi connectivity index (χ0) is 31.6. The lowest BCUT2D eigenvalue weighted by Gasteiger charge is -2.24. The molecule has 0 radical (unpaired) electrons. The third kappa shape index (κ3) is 4.30. The van der Waals surface area contributed by atoms with Crippen molar-refractivity contribution in [2.45, 2.75) is 25.2 Å². The van der Waals surface area contributed by atoms with Crippen molar-refractivity contribution in [3.05, 3.63) is 186 Å². The average molecular weight is 611 g/mol. The van der Waals surface area contributed by atoms with Crippen molar-refractivity contribution < 1.29 is 0 Å². The Morgan fingerprint density at radius 1 is 0.438 bits per heavy atom. The zero-order valence-corrected chi connectivity index (χ0v) is 26.8. The summed E-state index contributed by atoms with van der Waals surface area (Å²) in [6, 6.07) is 49.7. The number of hydrogen-bond acceptors (Lipinski definition) is 0. The molecule has 0 aromatic heterocycles. The van der Waals surface area contributed by atoms with E-state index in [1.807, 2.05) is 0 Å². The Morgan fingerprint density at radius 3 is 1.48 bits per heavy atom. The second kappa shape index (κ2) is 10.9. The van der Waals surface area contributed by atoms with Crippen molar-refractivity contribution in [2.75, 3.05) is 0 Å². The summed E-state index contributed by atoms with van der Waals surface area (Å²) in [5.41, 5.74) is 6.98. The molecule has 0 N–H and O–H groups in total. The quantitative estimate of drug-likeness (QED) is 0.175. The minimum Gasteiger partial charge on any atom is -0.0767 e. The zero-order valence-electron chi connectivity index (χ0n) is 26.8. The molecule has 0 saturated carbocycles. The summed E-state index contributed by atoms with van der Waals surface area (Å²) in [6.45, 7) is 0. The highest BCUT2D eigenvalue weighted by atomic mass is 14.2. The van der Waals surface area contributed by atoms with E-state index in [1.165, 1.54) is 92.5 Å². The van der Waals surface area contributed by atoms with Crippen molar-refractivity contribution in [1.29, 1.82) is 0 Å². The monoisotopic (exact) mass is 610 g/mol. The topological polar surface area (TPSA) is 0 Å². The third-order valence-electron chi connectivity index (χ3n) is 10.9. The van der Waals surface area contributed by atoms with Crippen LogP contribution in [-0.4, -0.2) is 0 Å². The Balaban J connectivity index is 1.01. The van der Waals surface area contributed by atoms with Crippen LogP contribution in [0.4, 0.5) is 0 Å². The van der Waals surface area contributed by atoms with Crippen molar-refractivity contribution in [3.8, 4) is 0 Å². The highest BCUT2D eigenvalue weighted by molar-refractivity contribution is 6.26. The van der Waals surface area contributed by atoms with Crippen molar-refractivity contribution in [2.24, 2.45) is 0 Å². The molecular formula is C48H34. The average Bonchev–Trinajstić information content (AvgIpc) is 3.18. The number of rotatable bonds is 3. The molecule has 48 heavy (non-hydrogen) atoms. The molecule has 8 aromatic carbocycles. The fraction of sp³-hybridized carbons (Fsp3) is 0.0833. The number of hydrogen-bond donors (Lipinski definition) is 0. The minimum atomic E-state index is 0.357. The Morgan fingerprint density at radius 2 is 0.917 bits per heavy atom. The lowest BCUT2D eigenvalue weighted by Crippen LogP contribution is -2.05. The van der Waals surface area contributed by atoms with Crippen LogP contribution >= 0.6 is 0 Å². The maximum Gasteiger partial charge on any atom is 0.00618 e. The lowest BCUT2D eigenvalue weighted by atomic mass is 9.81. The van der Waals surface area contributed by atoms with E-state index in [-0.39, 0.29) is 0 Å². The molecule has 0 spiro atoms. The molecular weight excluding hydrogens is 577 g/mol. The molecule has 10 rings (SSSR count). The van der Waals surface area contributed by atoms with Gasteiger partial charge in [-0.25, -0.2) is 0 Å². The fourth-order valence-corrected chi connectivity index (χ4v) is 8.55. The summed E-state index contributed by atoms with van der Waals surface area (Å²) in [5, 5.41) is 16.0. The Hall–Kier alpha value is -5.72. The molecule has 0 bridgehead atoms. The van der Waals surface area contributed by atoms with Gasteiger partial charge in [0.1, 0.15) is 0 Å². The van der Waals surface area contributed by atoms with Crippen LogP contribution in [0, 0.1) is 0 Å². The maximum atomic E-state index is 2.47. The predicted molar refractivity (Wildman–Crippen MR) is 208 cm³/mol. The largest absolute Gasteiger partial charge is 0.0767 e. The molecule has 0 heterocycles. The lowest BCUT2D eigenvalue weighted by molar-refractivity contribution is 0.802. The van der Waals surface area contributed by atoms with Crippen LogP contribution in [0.25, 0.3) is 70.2 Å². The maximum absolute atomic E-state index is 2.47. The summed E-state index contributed by atoms with van der Waals surface area (Å²) < 4.78 is 0. The first-order valence-corrected chi connectivity index (χ1v) is 17.3. The van der Waals surface area contributed by atoms with E-state index in [1.54, 1.807) is 0 Å². The molecule has 2 aliphatic rings. The molecule has 2 aliphatic carbocycles. The summed E-state index contributed by atoms with van der Waals surface area (Å²) in [4.78, 5) is 0. The summed E-state index contributed by atoms with van der Waals surface area (Å²) >= 11 is 0. The second-order valence-corrected chi connectivity index (χ2v) is 13.5. The molecule has 0 aliphatic heterocycles. The van der Waals surface area contributed by atoms with Gasteiger partial charge in [-0.3, -0.25) is 0 Å². The van der Waals surface area contributed by atoms with E-state index in [0.29, 0.717) is 5.92 Å². The third-order valence-corrected chi connectivity index (χ3v) is 10.9. The Kier molecular flexibility index (Phi) is 6.24. The van der Waals surface area contributed by atoms with Crippen LogP contribution in [-0.2, 0) is 0 Å². The van der Waals surface area contributed by atoms with E-state index in [2.05, 4.69) is 164 Å². The van der Waals surface area contributed by atoms with Crippen LogP contribution in [0.2, 0.25) is 0 Å². The van der Waals surface area contributed by atoms with Gasteiger partial charge in [0.05, 0.1) is 0 Å². The van der Waals surface area contributed by atoms with Crippen LogP contribution in [0.5, 0.6) is 0 Å². The summed E-state index contributed by atoms with van der Waals surface area (Å²) in [7, 11) is 0. The number of fused-ring (bicyclic) bond motifs is 12. The number of benzene rings is 8. The van der Waals surface area contributed by atoms with E-state index in [9.17, 15) is 0 Å². The van der Waals surface area contributed by atoms with Crippen LogP contribution < -0.4 is 0 Å². The van der Waals surface area contributed by atoms with Crippen LogP contribution in [0.15, 0.2) is 175 Å². The van der Waals surface area contributed by atoms with E-state index >= 15 is 0 Å². The van der Waals surface area contributed by atoms with Crippen molar-refractivity contribution in [3.63, 3.8) is 0 Å². The molecule has 1 atom stereocenters. The van der Waals surface area contributed by atoms with Gasteiger partial charge in [-0.15, -0.1) is 0 Å². The van der Waals surface area contributed by atoms with Gasteiger partial charge >= 0.3 is 0 Å². The highest BCUT2D eigenvalue weighted by Crippen LogP contribution is 2.41. The van der Waals surface area contributed by atoms with E-state index in [0.717, 1.165) is 19.3 Å². The van der Waals surface area contributed by atoms with Crippen LogP contribution in [0.3, 0.4) is 0 Å². The molecule has 1 unspecified atom stereocenters. The van der Waals surface area contributed by atoms with Crippen molar-refractivity contribution >= 4 is 70.2 Å². The van der Waals surface area contributed by atoms with Gasteiger partial charge in [-0.2, -0.15) is 0 Å². The fourth-order valence-electron chi connectivity index (χ4n) is 8.55. The van der Waals surface area contributed by atoms with Gasteiger partial charge < -0.3 is 0 Å². The molecule has 0 nitrogen and oxygen atoms in total. The van der Waals surface area contributed by atoms with Gasteiger partial charge in [0, 0.05) is 5.92 Å². The molecule has 8 aromatic rings. The van der Waals surface area contributed by atoms with Crippen LogP contribution in [0.1, 0.15) is 36.3 Å². The van der Waals surface area contributed by atoms with Gasteiger partial charge in [-0.1, -0.05) is 152 Å². The molecule has 0 amide bonds. The molecule has 0 fully saturated rings. The Labute approximate surface area is 280 Å². The molecule has 226 valence electrons. The molecule has 0 saturated heterocycles.